The molecular formula is C12H12N4O4. The van der Waals surface area contributed by atoms with Gasteiger partial charge in [-0.3, -0.25) is 19.6 Å². The molecular weight excluding hydrogens is 264 g/mol. The first-order valence-electron chi connectivity index (χ1n) is 5.70. The van der Waals surface area contributed by atoms with Gasteiger partial charge in [0, 0.05) is 0 Å². The molecule has 0 spiro atoms. The van der Waals surface area contributed by atoms with Crippen molar-refractivity contribution in [2.45, 2.75) is 6.54 Å². The summed E-state index contributed by atoms with van der Waals surface area (Å²) in [6, 6.07) is 6.96. The predicted octanol–water partition coefficient (Wildman–Crippen LogP) is 1.44. The monoisotopic (exact) mass is 276 g/mol. The van der Waals surface area contributed by atoms with Crippen molar-refractivity contribution < 1.29 is 14.5 Å². The summed E-state index contributed by atoms with van der Waals surface area (Å²) in [6.07, 6.45) is 2.29. The van der Waals surface area contributed by atoms with Gasteiger partial charge in [0.15, 0.2) is 0 Å². The van der Waals surface area contributed by atoms with Crippen molar-refractivity contribution in [3.8, 4) is 5.75 Å². The number of methoxy groups -OCH3 is 1. The molecule has 1 aromatic heterocycles. The molecule has 0 aliphatic rings. The van der Waals surface area contributed by atoms with Crippen LogP contribution in [0.2, 0.25) is 0 Å². The van der Waals surface area contributed by atoms with Gasteiger partial charge in [0.05, 0.1) is 17.7 Å². The number of carbonyl (C=O) groups excluding carboxylic acids is 1. The fourth-order valence-corrected chi connectivity index (χ4v) is 1.62. The normalized spacial score (nSPS) is 10.1. The summed E-state index contributed by atoms with van der Waals surface area (Å²) in [7, 11) is 1.50. The van der Waals surface area contributed by atoms with Crippen LogP contribution in [0.1, 0.15) is 0 Å². The zero-order valence-electron chi connectivity index (χ0n) is 10.6. The molecule has 2 aromatic rings. The van der Waals surface area contributed by atoms with E-state index in [0.717, 1.165) is 6.20 Å². The third-order valence-corrected chi connectivity index (χ3v) is 2.52. The third-order valence-electron chi connectivity index (χ3n) is 2.52. The number of nitrogens with zero attached hydrogens (tertiary/aromatic N) is 3. The predicted molar refractivity (Wildman–Crippen MR) is 70.5 cm³/mol. The number of benzene rings is 1. The second-order valence-electron chi connectivity index (χ2n) is 3.90. The molecule has 0 bridgehead atoms. The molecule has 1 N–H and O–H groups in total. The quantitative estimate of drug-likeness (QED) is 0.658. The summed E-state index contributed by atoms with van der Waals surface area (Å²) in [6.45, 7) is -0.119. The number of para-hydroxylation sites is 2. The lowest BCUT2D eigenvalue weighted by Crippen LogP contribution is -2.19. The molecule has 0 saturated carbocycles. The van der Waals surface area contributed by atoms with E-state index in [1.54, 1.807) is 24.3 Å². The van der Waals surface area contributed by atoms with E-state index >= 15 is 0 Å². The van der Waals surface area contributed by atoms with Crippen LogP contribution in [0.15, 0.2) is 36.7 Å². The SMILES string of the molecule is COc1ccccc1NC(=O)Cn1cc([N+](=O)[O-])cn1. The zero-order chi connectivity index (χ0) is 14.5. The molecule has 8 nitrogen and oxygen atoms in total. The summed E-state index contributed by atoms with van der Waals surface area (Å²) in [5.41, 5.74) is 0.372. The summed E-state index contributed by atoms with van der Waals surface area (Å²) in [5.74, 6) is 0.180. The molecule has 0 saturated heterocycles. The Bertz CT molecular complexity index is 638. The molecule has 0 unspecified atom stereocenters. The van der Waals surface area contributed by atoms with Crippen molar-refractivity contribution >= 4 is 17.3 Å². The molecule has 0 fully saturated rings. The largest absolute Gasteiger partial charge is 0.495 e. The fraction of sp³-hybridized carbons (Fsp3) is 0.167. The summed E-state index contributed by atoms with van der Waals surface area (Å²) in [4.78, 5) is 21.8. The van der Waals surface area contributed by atoms with Gasteiger partial charge in [-0.2, -0.15) is 5.10 Å². The van der Waals surface area contributed by atoms with Crippen LogP contribution in [-0.4, -0.2) is 27.7 Å². The molecule has 0 aliphatic heterocycles. The minimum absolute atomic E-state index is 0.119. The molecule has 104 valence electrons. The Morgan fingerprint density at radius 1 is 1.50 bits per heavy atom. The highest BCUT2D eigenvalue weighted by atomic mass is 16.6. The van der Waals surface area contributed by atoms with Gasteiger partial charge in [-0.1, -0.05) is 12.1 Å². The number of nitrogens with one attached hydrogen (secondary N) is 1. The minimum Gasteiger partial charge on any atom is -0.495 e. The molecule has 1 heterocycles. The summed E-state index contributed by atoms with van der Waals surface area (Å²) >= 11 is 0. The lowest BCUT2D eigenvalue weighted by Gasteiger charge is -2.09. The second-order valence-corrected chi connectivity index (χ2v) is 3.90. The lowest BCUT2D eigenvalue weighted by molar-refractivity contribution is -0.385. The first-order valence-corrected chi connectivity index (χ1v) is 5.70. The lowest BCUT2D eigenvalue weighted by atomic mass is 10.3. The average molecular weight is 276 g/mol. The van der Waals surface area contributed by atoms with Gasteiger partial charge in [-0.05, 0) is 12.1 Å². The number of rotatable bonds is 5. The van der Waals surface area contributed by atoms with Crippen molar-refractivity contribution in [2.75, 3.05) is 12.4 Å². The Balaban J connectivity index is 2.03. The maximum absolute atomic E-state index is 11.8. The standard InChI is InChI=1S/C12H12N4O4/c1-20-11-5-3-2-4-10(11)14-12(17)8-15-7-9(6-13-15)16(18)19/h2-7H,8H2,1H3,(H,14,17). The van der Waals surface area contributed by atoms with Crippen LogP contribution < -0.4 is 10.1 Å². The maximum atomic E-state index is 11.8. The first-order chi connectivity index (χ1) is 9.60. The number of anilines is 1. The fourth-order valence-electron chi connectivity index (χ4n) is 1.62. The highest BCUT2D eigenvalue weighted by molar-refractivity contribution is 5.92. The first kappa shape index (κ1) is 13.5. The number of aromatic nitrogens is 2. The van der Waals surface area contributed by atoms with Gasteiger partial charge >= 0.3 is 5.69 Å². The number of ether oxygens (including phenoxy) is 1. The smallest absolute Gasteiger partial charge is 0.307 e. The molecule has 0 radical (unpaired) electrons. The van der Waals surface area contributed by atoms with Crippen LogP contribution in [0.4, 0.5) is 11.4 Å². The number of hydrogen-bond acceptors (Lipinski definition) is 5. The minimum atomic E-state index is -0.568. The number of amides is 1. The number of carbonyl (C=O) groups is 1. The van der Waals surface area contributed by atoms with E-state index in [9.17, 15) is 14.9 Å². The van der Waals surface area contributed by atoms with Gasteiger partial charge in [0.1, 0.15) is 24.7 Å². The highest BCUT2D eigenvalue weighted by Gasteiger charge is 2.12. The molecule has 0 aliphatic carbocycles. The number of nitro groups is 1. The van der Waals surface area contributed by atoms with E-state index < -0.39 is 4.92 Å². The number of hydrogen-bond donors (Lipinski definition) is 1. The average Bonchev–Trinajstić information content (AvgIpc) is 2.88. The van der Waals surface area contributed by atoms with Crippen molar-refractivity contribution in [3.05, 3.63) is 46.8 Å². The zero-order valence-corrected chi connectivity index (χ0v) is 10.6. The van der Waals surface area contributed by atoms with Crippen molar-refractivity contribution in [1.29, 1.82) is 0 Å². The second kappa shape index (κ2) is 5.83. The summed E-state index contributed by atoms with van der Waals surface area (Å²) < 4.78 is 6.30. The van der Waals surface area contributed by atoms with Crippen LogP contribution in [0.5, 0.6) is 5.75 Å². The Kier molecular flexibility index (Phi) is 3.94. The molecule has 2 rings (SSSR count). The topological polar surface area (TPSA) is 99.3 Å². The van der Waals surface area contributed by atoms with Gasteiger partial charge in [0.2, 0.25) is 5.91 Å². The van der Waals surface area contributed by atoms with Gasteiger partial charge in [0.25, 0.3) is 0 Å². The maximum Gasteiger partial charge on any atom is 0.307 e. The molecule has 20 heavy (non-hydrogen) atoms. The van der Waals surface area contributed by atoms with E-state index in [1.807, 2.05) is 0 Å². The van der Waals surface area contributed by atoms with Crippen LogP contribution >= 0.6 is 0 Å². The van der Waals surface area contributed by atoms with Gasteiger partial charge < -0.3 is 10.1 Å². The Morgan fingerprint density at radius 3 is 2.90 bits per heavy atom. The van der Waals surface area contributed by atoms with E-state index in [-0.39, 0.29) is 18.1 Å². The van der Waals surface area contributed by atoms with Crippen LogP contribution in [-0.2, 0) is 11.3 Å². The van der Waals surface area contributed by atoms with Crippen molar-refractivity contribution in [1.82, 2.24) is 9.78 Å². The van der Waals surface area contributed by atoms with Crippen LogP contribution in [0.25, 0.3) is 0 Å². The van der Waals surface area contributed by atoms with Crippen LogP contribution in [0.3, 0.4) is 0 Å². The highest BCUT2D eigenvalue weighted by Crippen LogP contribution is 2.22. The van der Waals surface area contributed by atoms with Crippen molar-refractivity contribution in [2.24, 2.45) is 0 Å². The van der Waals surface area contributed by atoms with Gasteiger partial charge in [-0.25, -0.2) is 0 Å². The third kappa shape index (κ3) is 3.10. The van der Waals surface area contributed by atoms with E-state index in [1.165, 1.54) is 18.0 Å². The molecule has 8 heteroatoms. The Hall–Kier alpha value is -2.90. The molecule has 1 aromatic carbocycles. The Morgan fingerprint density at radius 2 is 2.25 bits per heavy atom. The van der Waals surface area contributed by atoms with E-state index in [2.05, 4.69) is 10.4 Å². The van der Waals surface area contributed by atoms with E-state index in [0.29, 0.717) is 11.4 Å². The summed E-state index contributed by atoms with van der Waals surface area (Å²) in [5, 5.41) is 16.9. The van der Waals surface area contributed by atoms with Gasteiger partial charge in [-0.15, -0.1) is 0 Å². The van der Waals surface area contributed by atoms with Crippen molar-refractivity contribution in [3.63, 3.8) is 0 Å². The van der Waals surface area contributed by atoms with Crippen LogP contribution in [0, 0.1) is 10.1 Å². The molecule has 0 atom stereocenters. The molecule has 1 amide bonds. The Labute approximate surface area is 114 Å². The van der Waals surface area contributed by atoms with E-state index in [4.69, 9.17) is 4.74 Å².